The molecule has 0 amide bonds. The van der Waals surface area contributed by atoms with Crippen LogP contribution in [0.5, 0.6) is 0 Å². The van der Waals surface area contributed by atoms with Crippen molar-refractivity contribution < 1.29 is 9.53 Å². The molecule has 102 valence electrons. The van der Waals surface area contributed by atoms with Gasteiger partial charge in [0.25, 0.3) is 0 Å². The first kappa shape index (κ1) is 14.4. The lowest BCUT2D eigenvalue weighted by Crippen LogP contribution is -2.10. The van der Waals surface area contributed by atoms with Gasteiger partial charge in [-0.1, -0.05) is 67.4 Å². The Hall–Kier alpha value is -0.990. The van der Waals surface area contributed by atoms with Crippen LogP contribution in [0.2, 0.25) is 0 Å². The second-order valence-corrected chi connectivity index (χ2v) is 6.38. The molecule has 2 nitrogen and oxygen atoms in total. The molecule has 0 saturated heterocycles. The molecule has 2 rings (SSSR count). The molecule has 2 atom stereocenters. The summed E-state index contributed by atoms with van der Waals surface area (Å²) >= 11 is 11.3. The number of benzene rings is 1. The third kappa shape index (κ3) is 3.31. The molecule has 0 aromatic heterocycles. The highest BCUT2D eigenvalue weighted by Crippen LogP contribution is 2.60. The molecule has 1 unspecified atom stereocenters. The molecule has 4 heteroatoms. The maximum Gasteiger partial charge on any atom is 0.310 e. The summed E-state index contributed by atoms with van der Waals surface area (Å²) in [5.74, 6) is -0.297. The Kier molecular flexibility index (Phi) is 4.22. The summed E-state index contributed by atoms with van der Waals surface area (Å²) in [5.41, 5.74) is 0.847. The van der Waals surface area contributed by atoms with E-state index < -0.39 is 0 Å². The lowest BCUT2D eigenvalue weighted by molar-refractivity contribution is -0.147. The predicted octanol–water partition coefficient (Wildman–Crippen LogP) is 4.32. The number of allylic oxidation sites excluding steroid dienone is 1. The minimum absolute atomic E-state index is 0.0563. The van der Waals surface area contributed by atoms with Crippen molar-refractivity contribution in [1.29, 1.82) is 0 Å². The monoisotopic (exact) mass is 298 g/mol. The van der Waals surface area contributed by atoms with E-state index >= 15 is 0 Å². The molecule has 1 fully saturated rings. The van der Waals surface area contributed by atoms with Gasteiger partial charge in [0.2, 0.25) is 0 Å². The maximum atomic E-state index is 12.0. The van der Waals surface area contributed by atoms with E-state index in [0.29, 0.717) is 6.61 Å². The van der Waals surface area contributed by atoms with E-state index in [1.165, 1.54) is 0 Å². The van der Waals surface area contributed by atoms with Gasteiger partial charge in [-0.2, -0.15) is 0 Å². The third-order valence-corrected chi connectivity index (χ3v) is 3.95. The molecule has 0 aliphatic heterocycles. The molecule has 1 aromatic carbocycles. The van der Waals surface area contributed by atoms with Crippen LogP contribution in [0.3, 0.4) is 0 Å². The van der Waals surface area contributed by atoms with E-state index in [9.17, 15) is 4.79 Å². The second kappa shape index (κ2) is 5.56. The van der Waals surface area contributed by atoms with Crippen molar-refractivity contribution in [2.24, 2.45) is 17.3 Å². The van der Waals surface area contributed by atoms with Gasteiger partial charge in [0.1, 0.15) is 11.1 Å². The van der Waals surface area contributed by atoms with Crippen molar-refractivity contribution in [3.05, 3.63) is 46.5 Å². The van der Waals surface area contributed by atoms with Gasteiger partial charge < -0.3 is 4.74 Å². The van der Waals surface area contributed by atoms with Gasteiger partial charge in [0.15, 0.2) is 0 Å². The molecule has 1 aliphatic carbocycles. The van der Waals surface area contributed by atoms with Crippen molar-refractivity contribution >= 4 is 29.2 Å². The highest BCUT2D eigenvalue weighted by Gasteiger charge is 2.61. The predicted molar refractivity (Wildman–Crippen MR) is 76.8 cm³/mol. The molecule has 0 heterocycles. The summed E-state index contributed by atoms with van der Waals surface area (Å²) < 4.78 is 5.55. The molecular weight excluding hydrogens is 283 g/mol. The van der Waals surface area contributed by atoms with Crippen LogP contribution in [-0.4, -0.2) is 5.97 Å². The van der Waals surface area contributed by atoms with E-state index in [0.717, 1.165) is 5.56 Å². The zero-order valence-electron chi connectivity index (χ0n) is 10.9. The third-order valence-electron chi connectivity index (χ3n) is 3.69. The van der Waals surface area contributed by atoms with Gasteiger partial charge in [-0.15, -0.1) is 0 Å². The van der Waals surface area contributed by atoms with E-state index in [1.807, 2.05) is 44.2 Å². The number of rotatable bonds is 4. The number of carbonyl (C=O) groups is 1. The van der Waals surface area contributed by atoms with E-state index in [1.54, 1.807) is 6.08 Å². The molecule has 0 bridgehead atoms. The average Bonchev–Trinajstić information content (AvgIpc) is 2.88. The lowest BCUT2D eigenvalue weighted by Gasteiger charge is -2.05. The van der Waals surface area contributed by atoms with Crippen molar-refractivity contribution in [1.82, 2.24) is 0 Å². The molecular formula is C15H16Cl2O2. The van der Waals surface area contributed by atoms with Crippen LogP contribution in [0.25, 0.3) is 0 Å². The van der Waals surface area contributed by atoms with E-state index in [-0.39, 0.29) is 27.7 Å². The Morgan fingerprint density at radius 3 is 2.53 bits per heavy atom. The summed E-state index contributed by atoms with van der Waals surface area (Å²) in [6.07, 6.45) is 1.72. The highest BCUT2D eigenvalue weighted by molar-refractivity contribution is 6.55. The van der Waals surface area contributed by atoms with Crippen LogP contribution in [0.1, 0.15) is 19.4 Å². The molecule has 1 saturated carbocycles. The maximum absolute atomic E-state index is 12.0. The fraction of sp³-hybridized carbons (Fsp3) is 0.400. The van der Waals surface area contributed by atoms with Crippen molar-refractivity contribution in [2.75, 3.05) is 0 Å². The van der Waals surface area contributed by atoms with E-state index in [2.05, 4.69) is 0 Å². The lowest BCUT2D eigenvalue weighted by atomic mass is 10.1. The topological polar surface area (TPSA) is 26.3 Å². The molecule has 0 radical (unpaired) electrons. The highest BCUT2D eigenvalue weighted by atomic mass is 35.5. The van der Waals surface area contributed by atoms with Crippen LogP contribution in [0.4, 0.5) is 0 Å². The quantitative estimate of drug-likeness (QED) is 0.774. The number of ether oxygens (including phenoxy) is 1. The van der Waals surface area contributed by atoms with Gasteiger partial charge in [-0.05, 0) is 23.0 Å². The molecule has 0 spiro atoms. The summed E-state index contributed by atoms with van der Waals surface area (Å²) in [5, 5.41) is 0. The Morgan fingerprint density at radius 1 is 1.32 bits per heavy atom. The molecule has 0 N–H and O–H groups in total. The van der Waals surface area contributed by atoms with Gasteiger partial charge in [-0.25, -0.2) is 0 Å². The largest absolute Gasteiger partial charge is 0.461 e. The molecule has 1 aliphatic rings. The number of halogens is 2. The fourth-order valence-corrected chi connectivity index (χ4v) is 2.66. The first-order valence-corrected chi connectivity index (χ1v) is 6.92. The number of hydrogen-bond acceptors (Lipinski definition) is 2. The Bertz CT molecular complexity index is 490. The van der Waals surface area contributed by atoms with Crippen molar-refractivity contribution in [2.45, 2.75) is 20.5 Å². The zero-order valence-corrected chi connectivity index (χ0v) is 12.4. The second-order valence-electron chi connectivity index (χ2n) is 5.37. The average molecular weight is 299 g/mol. The standard InChI is InChI=1S/C15H16Cl2O2/c1-15(2)11(8-12(16)17)13(15)14(18)19-9-10-6-4-3-5-7-10/h3-8,11,13H,9H2,1-2H3/t11?,13-/m0/s1. The number of hydrogen-bond donors (Lipinski definition) is 0. The van der Waals surface area contributed by atoms with Gasteiger partial charge >= 0.3 is 5.97 Å². The molecule has 19 heavy (non-hydrogen) atoms. The van der Waals surface area contributed by atoms with Crippen molar-refractivity contribution in [3.63, 3.8) is 0 Å². The minimum Gasteiger partial charge on any atom is -0.461 e. The summed E-state index contributed by atoms with van der Waals surface area (Å²) in [6, 6.07) is 9.63. The first-order chi connectivity index (χ1) is 8.93. The molecule has 1 aromatic rings. The normalized spacial score (nSPS) is 23.6. The minimum atomic E-state index is -0.190. The van der Waals surface area contributed by atoms with Crippen LogP contribution >= 0.6 is 23.2 Å². The van der Waals surface area contributed by atoms with Crippen LogP contribution in [0, 0.1) is 17.3 Å². The first-order valence-electron chi connectivity index (χ1n) is 6.16. The van der Waals surface area contributed by atoms with Gasteiger partial charge in [-0.3, -0.25) is 4.79 Å². The van der Waals surface area contributed by atoms with Crippen molar-refractivity contribution in [3.8, 4) is 0 Å². The number of esters is 1. The van der Waals surface area contributed by atoms with Gasteiger partial charge in [0, 0.05) is 0 Å². The summed E-state index contributed by atoms with van der Waals surface area (Å²) in [4.78, 5) is 12.0. The Balaban J connectivity index is 1.93. The number of carbonyl (C=O) groups excluding carboxylic acids is 1. The smallest absolute Gasteiger partial charge is 0.310 e. The zero-order chi connectivity index (χ0) is 14.0. The van der Waals surface area contributed by atoms with E-state index in [4.69, 9.17) is 27.9 Å². The Labute approximate surface area is 123 Å². The van der Waals surface area contributed by atoms with Crippen LogP contribution in [-0.2, 0) is 16.1 Å². The van der Waals surface area contributed by atoms with Crippen LogP contribution in [0.15, 0.2) is 40.9 Å². The summed E-state index contributed by atoms with van der Waals surface area (Å²) in [6.45, 7) is 4.33. The summed E-state index contributed by atoms with van der Waals surface area (Å²) in [7, 11) is 0. The van der Waals surface area contributed by atoms with Gasteiger partial charge in [0.05, 0.1) is 5.92 Å². The fourth-order valence-electron chi connectivity index (χ4n) is 2.39. The Morgan fingerprint density at radius 2 is 1.95 bits per heavy atom. The SMILES string of the molecule is CC1(C)C(C=C(Cl)Cl)[C@H]1C(=O)OCc1ccccc1. The van der Waals surface area contributed by atoms with Crippen LogP contribution < -0.4 is 0 Å².